The van der Waals surface area contributed by atoms with Gasteiger partial charge in [0.25, 0.3) is 5.91 Å². The Hall–Kier alpha value is -3.34. The van der Waals surface area contributed by atoms with Crippen molar-refractivity contribution in [3.63, 3.8) is 0 Å². The Morgan fingerprint density at radius 3 is 2.33 bits per heavy atom. The average molecular weight is 405 g/mol. The Morgan fingerprint density at radius 1 is 0.933 bits per heavy atom. The summed E-state index contributed by atoms with van der Waals surface area (Å²) < 4.78 is 11.6. The first-order chi connectivity index (χ1) is 14.6. The number of carbonyl (C=O) groups is 1. The predicted molar refractivity (Wildman–Crippen MR) is 118 cm³/mol. The van der Waals surface area contributed by atoms with Gasteiger partial charge in [-0.2, -0.15) is 0 Å². The van der Waals surface area contributed by atoms with Gasteiger partial charge in [0, 0.05) is 18.0 Å². The molecule has 0 fully saturated rings. The van der Waals surface area contributed by atoms with E-state index in [1.54, 1.807) is 30.6 Å². The monoisotopic (exact) mass is 404 g/mol. The number of aromatic nitrogens is 1. The number of carbonyl (C=O) groups excluding carboxylic acids is 1. The zero-order valence-electron chi connectivity index (χ0n) is 17.7. The molecule has 1 atom stereocenters. The number of pyridine rings is 1. The normalized spacial score (nSPS) is 11.6. The Bertz CT molecular complexity index is 956. The molecule has 1 aromatic heterocycles. The summed E-state index contributed by atoms with van der Waals surface area (Å²) in [6, 6.07) is 17.3. The second-order valence-electron chi connectivity index (χ2n) is 7.03. The number of ether oxygens (including phenoxy) is 2. The summed E-state index contributed by atoms with van der Waals surface area (Å²) in [5.41, 5.74) is 3.90. The summed E-state index contributed by atoms with van der Waals surface area (Å²) in [5, 5.41) is 3.05. The highest BCUT2D eigenvalue weighted by molar-refractivity contribution is 5.95. The molecule has 1 amide bonds. The number of benzene rings is 2. The van der Waals surface area contributed by atoms with Crippen molar-refractivity contribution in [3.8, 4) is 11.5 Å². The largest absolute Gasteiger partial charge is 0.490 e. The minimum atomic E-state index is -0.149. The van der Waals surface area contributed by atoms with Crippen molar-refractivity contribution >= 4 is 5.91 Å². The Morgan fingerprint density at radius 2 is 1.67 bits per heavy atom. The topological polar surface area (TPSA) is 60.5 Å². The summed E-state index contributed by atoms with van der Waals surface area (Å²) in [4.78, 5) is 16.8. The van der Waals surface area contributed by atoms with Gasteiger partial charge in [-0.1, -0.05) is 31.2 Å². The van der Waals surface area contributed by atoms with Crippen LogP contribution in [-0.2, 0) is 13.0 Å². The number of hydrogen-bond acceptors (Lipinski definition) is 4. The fraction of sp³-hybridized carbons (Fsp3) is 0.280. The lowest BCUT2D eigenvalue weighted by atomic mass is 10.0. The average Bonchev–Trinajstić information content (AvgIpc) is 2.79. The summed E-state index contributed by atoms with van der Waals surface area (Å²) in [5.74, 6) is 1.01. The molecule has 30 heavy (non-hydrogen) atoms. The number of nitrogens with one attached hydrogen (secondary N) is 1. The quantitative estimate of drug-likeness (QED) is 0.538. The van der Waals surface area contributed by atoms with E-state index in [-0.39, 0.29) is 11.9 Å². The van der Waals surface area contributed by atoms with Crippen molar-refractivity contribution in [1.82, 2.24) is 10.3 Å². The lowest BCUT2D eigenvalue weighted by molar-refractivity contribution is 0.0939. The van der Waals surface area contributed by atoms with Crippen molar-refractivity contribution in [1.29, 1.82) is 0 Å². The van der Waals surface area contributed by atoms with Crippen LogP contribution in [0.4, 0.5) is 0 Å². The zero-order valence-corrected chi connectivity index (χ0v) is 17.7. The van der Waals surface area contributed by atoms with Crippen LogP contribution in [0.5, 0.6) is 11.5 Å². The van der Waals surface area contributed by atoms with Crippen LogP contribution in [0.25, 0.3) is 0 Å². The van der Waals surface area contributed by atoms with Crippen molar-refractivity contribution in [2.75, 3.05) is 6.61 Å². The van der Waals surface area contributed by atoms with E-state index in [0.29, 0.717) is 30.3 Å². The van der Waals surface area contributed by atoms with E-state index in [1.807, 2.05) is 26.0 Å². The van der Waals surface area contributed by atoms with E-state index >= 15 is 0 Å². The highest BCUT2D eigenvalue weighted by Gasteiger charge is 2.15. The zero-order chi connectivity index (χ0) is 21.3. The number of hydrogen-bond donors (Lipinski definition) is 1. The maximum Gasteiger partial charge on any atom is 0.251 e. The third kappa shape index (κ3) is 5.60. The molecule has 0 aliphatic rings. The van der Waals surface area contributed by atoms with Crippen LogP contribution >= 0.6 is 0 Å². The van der Waals surface area contributed by atoms with Gasteiger partial charge in [0.05, 0.1) is 12.6 Å². The van der Waals surface area contributed by atoms with Gasteiger partial charge in [-0.25, -0.2) is 0 Å². The Balaban J connectivity index is 1.69. The highest BCUT2D eigenvalue weighted by Crippen LogP contribution is 2.29. The second kappa shape index (κ2) is 10.4. The summed E-state index contributed by atoms with van der Waals surface area (Å²) >= 11 is 0. The maximum atomic E-state index is 12.8. The molecule has 0 saturated heterocycles. The molecular formula is C25H28N2O3. The fourth-order valence-electron chi connectivity index (χ4n) is 3.08. The van der Waals surface area contributed by atoms with Crippen LogP contribution in [0.3, 0.4) is 0 Å². The van der Waals surface area contributed by atoms with Crippen molar-refractivity contribution in [2.45, 2.75) is 39.8 Å². The summed E-state index contributed by atoms with van der Waals surface area (Å²) in [6.07, 6.45) is 4.45. The molecule has 0 bridgehead atoms. The highest BCUT2D eigenvalue weighted by atomic mass is 16.5. The molecule has 0 saturated carbocycles. The van der Waals surface area contributed by atoms with Gasteiger partial charge in [-0.05, 0) is 67.3 Å². The van der Waals surface area contributed by atoms with Crippen LogP contribution in [0.15, 0.2) is 67.0 Å². The van der Waals surface area contributed by atoms with Gasteiger partial charge in [-0.15, -0.1) is 0 Å². The molecule has 3 rings (SSSR count). The van der Waals surface area contributed by atoms with Gasteiger partial charge in [0.2, 0.25) is 0 Å². The molecule has 1 unspecified atom stereocenters. The molecule has 0 aliphatic carbocycles. The van der Waals surface area contributed by atoms with Crippen molar-refractivity contribution in [3.05, 3.63) is 89.2 Å². The first-order valence-electron chi connectivity index (χ1n) is 10.3. The summed E-state index contributed by atoms with van der Waals surface area (Å²) in [6.45, 7) is 6.90. The number of nitrogens with zero attached hydrogens (tertiary/aromatic N) is 1. The predicted octanol–water partition coefficient (Wildman–Crippen LogP) is 5.11. The third-order valence-electron chi connectivity index (χ3n) is 4.89. The second-order valence-corrected chi connectivity index (χ2v) is 7.03. The summed E-state index contributed by atoms with van der Waals surface area (Å²) in [7, 11) is 0. The SMILES string of the molecule is CCOc1cc(C(=O)NC(C)c2ccc(CC)cc2)ccc1OCc1ccncc1. The lowest BCUT2D eigenvalue weighted by Crippen LogP contribution is -2.26. The Kier molecular flexibility index (Phi) is 7.44. The molecular weight excluding hydrogens is 376 g/mol. The van der Waals surface area contributed by atoms with Gasteiger partial charge < -0.3 is 14.8 Å². The van der Waals surface area contributed by atoms with E-state index in [0.717, 1.165) is 17.5 Å². The van der Waals surface area contributed by atoms with Gasteiger partial charge in [0.1, 0.15) is 6.61 Å². The molecule has 2 aromatic carbocycles. The van der Waals surface area contributed by atoms with Gasteiger partial charge in [-0.3, -0.25) is 9.78 Å². The molecule has 0 radical (unpaired) electrons. The molecule has 1 heterocycles. The van der Waals surface area contributed by atoms with E-state index in [2.05, 4.69) is 41.5 Å². The minimum absolute atomic E-state index is 0.0958. The van der Waals surface area contributed by atoms with E-state index in [9.17, 15) is 4.79 Å². The van der Waals surface area contributed by atoms with Crippen LogP contribution < -0.4 is 14.8 Å². The van der Waals surface area contributed by atoms with Crippen molar-refractivity contribution < 1.29 is 14.3 Å². The number of amides is 1. The molecule has 1 N–H and O–H groups in total. The molecule has 5 nitrogen and oxygen atoms in total. The van der Waals surface area contributed by atoms with E-state index < -0.39 is 0 Å². The van der Waals surface area contributed by atoms with Gasteiger partial charge in [0.15, 0.2) is 11.5 Å². The van der Waals surface area contributed by atoms with Crippen LogP contribution in [-0.4, -0.2) is 17.5 Å². The smallest absolute Gasteiger partial charge is 0.251 e. The minimum Gasteiger partial charge on any atom is -0.490 e. The Labute approximate surface area is 178 Å². The van der Waals surface area contributed by atoms with Gasteiger partial charge >= 0.3 is 0 Å². The van der Waals surface area contributed by atoms with Crippen LogP contribution in [0.1, 0.15) is 53.9 Å². The van der Waals surface area contributed by atoms with E-state index in [4.69, 9.17) is 9.47 Å². The van der Waals surface area contributed by atoms with Crippen molar-refractivity contribution in [2.24, 2.45) is 0 Å². The number of rotatable bonds is 9. The molecule has 0 spiro atoms. The first-order valence-corrected chi connectivity index (χ1v) is 10.3. The maximum absolute atomic E-state index is 12.8. The fourth-order valence-corrected chi connectivity index (χ4v) is 3.08. The molecule has 156 valence electrons. The van der Waals surface area contributed by atoms with Crippen LogP contribution in [0, 0.1) is 0 Å². The lowest BCUT2D eigenvalue weighted by Gasteiger charge is -2.17. The first kappa shape index (κ1) is 21.4. The van der Waals surface area contributed by atoms with E-state index in [1.165, 1.54) is 5.56 Å². The third-order valence-corrected chi connectivity index (χ3v) is 4.89. The standard InChI is InChI=1S/C25H28N2O3/c1-4-19-6-8-21(9-7-19)18(3)27-25(28)22-10-11-23(24(16-22)29-5-2)30-17-20-12-14-26-15-13-20/h6-16,18H,4-5,17H2,1-3H3,(H,27,28). The van der Waals surface area contributed by atoms with Crippen LogP contribution in [0.2, 0.25) is 0 Å². The molecule has 3 aromatic rings. The molecule has 0 aliphatic heterocycles. The number of aryl methyl sites for hydroxylation is 1. The molecule has 5 heteroatoms.